The third kappa shape index (κ3) is 3.21. The molecule has 0 bridgehead atoms. The van der Waals surface area contributed by atoms with E-state index in [-0.39, 0.29) is 18.4 Å². The number of carbonyl (C=O) groups excluding carboxylic acids is 1. The predicted molar refractivity (Wildman–Crippen MR) is 84.0 cm³/mol. The second-order valence-electron chi connectivity index (χ2n) is 5.56. The average Bonchev–Trinajstić information content (AvgIpc) is 2.97. The number of para-hydroxylation sites is 1. The molecule has 2 aromatic heterocycles. The highest BCUT2D eigenvalue weighted by molar-refractivity contribution is 6.03. The van der Waals surface area contributed by atoms with Crippen LogP contribution in [0.3, 0.4) is 0 Å². The van der Waals surface area contributed by atoms with Gasteiger partial charge >= 0.3 is 5.97 Å². The molecule has 0 amide bonds. The van der Waals surface area contributed by atoms with Gasteiger partial charge in [0, 0.05) is 18.0 Å². The lowest BCUT2D eigenvalue weighted by atomic mass is 10.0. The number of nitrogens with zero attached hydrogens (tertiary/aromatic N) is 3. The first-order chi connectivity index (χ1) is 11.0. The van der Waals surface area contributed by atoms with Crippen LogP contribution in [0.15, 0.2) is 34.7 Å². The Kier molecular flexibility index (Phi) is 4.06. The van der Waals surface area contributed by atoms with Crippen molar-refractivity contribution < 1.29 is 13.9 Å². The van der Waals surface area contributed by atoms with Gasteiger partial charge in [0.15, 0.2) is 6.61 Å². The molecule has 0 saturated carbocycles. The normalized spacial score (nSPS) is 11.1. The number of pyridine rings is 1. The van der Waals surface area contributed by atoms with Crippen molar-refractivity contribution in [2.75, 3.05) is 0 Å². The Morgan fingerprint density at radius 2 is 2.04 bits per heavy atom. The van der Waals surface area contributed by atoms with Crippen molar-refractivity contribution in [2.24, 2.45) is 0 Å². The average molecular weight is 311 g/mol. The maximum absolute atomic E-state index is 12.5. The Labute approximate surface area is 133 Å². The van der Waals surface area contributed by atoms with Crippen LogP contribution in [0, 0.1) is 6.92 Å². The molecule has 3 aromatic rings. The van der Waals surface area contributed by atoms with Crippen LogP contribution in [0.25, 0.3) is 10.9 Å². The van der Waals surface area contributed by atoms with E-state index in [1.807, 2.05) is 38.1 Å². The van der Waals surface area contributed by atoms with Gasteiger partial charge in [0.05, 0.1) is 11.1 Å². The molecular weight excluding hydrogens is 294 g/mol. The lowest BCUT2D eigenvalue weighted by Gasteiger charge is -2.11. The molecule has 0 radical (unpaired) electrons. The number of hydrogen-bond donors (Lipinski definition) is 0. The van der Waals surface area contributed by atoms with E-state index in [1.165, 1.54) is 0 Å². The number of carbonyl (C=O) groups is 1. The minimum atomic E-state index is -0.429. The van der Waals surface area contributed by atoms with E-state index in [0.29, 0.717) is 11.5 Å². The van der Waals surface area contributed by atoms with Gasteiger partial charge in [-0.25, -0.2) is 4.79 Å². The summed E-state index contributed by atoms with van der Waals surface area (Å²) in [6.07, 6.45) is 0. The molecule has 23 heavy (non-hydrogen) atoms. The number of aryl methyl sites for hydroxylation is 1. The van der Waals surface area contributed by atoms with Gasteiger partial charge in [0.1, 0.15) is 0 Å². The Hall–Kier alpha value is -2.76. The van der Waals surface area contributed by atoms with E-state index >= 15 is 0 Å². The molecule has 118 valence electrons. The fraction of sp³-hybridized carbons (Fsp3) is 0.294. The van der Waals surface area contributed by atoms with Crippen molar-refractivity contribution in [3.05, 3.63) is 53.4 Å². The van der Waals surface area contributed by atoms with Crippen molar-refractivity contribution >= 4 is 16.9 Å². The fourth-order valence-corrected chi connectivity index (χ4v) is 2.26. The maximum Gasteiger partial charge on any atom is 0.339 e. The van der Waals surface area contributed by atoms with Gasteiger partial charge in [0.2, 0.25) is 5.89 Å². The Morgan fingerprint density at radius 3 is 2.74 bits per heavy atom. The predicted octanol–water partition coefficient (Wildman–Crippen LogP) is 3.41. The summed E-state index contributed by atoms with van der Waals surface area (Å²) in [5, 5.41) is 8.29. The maximum atomic E-state index is 12.5. The lowest BCUT2D eigenvalue weighted by molar-refractivity contribution is 0.0439. The quantitative estimate of drug-likeness (QED) is 0.687. The smallest absolute Gasteiger partial charge is 0.339 e. The highest BCUT2D eigenvalue weighted by Crippen LogP contribution is 2.23. The molecule has 0 spiro atoms. The molecule has 1 aromatic carbocycles. The van der Waals surface area contributed by atoms with Gasteiger partial charge < -0.3 is 9.15 Å². The van der Waals surface area contributed by atoms with Crippen LogP contribution in [-0.4, -0.2) is 21.2 Å². The molecule has 0 aliphatic carbocycles. The number of esters is 1. The van der Waals surface area contributed by atoms with Gasteiger partial charge in [-0.2, -0.15) is 0 Å². The third-order valence-electron chi connectivity index (χ3n) is 3.44. The summed E-state index contributed by atoms with van der Waals surface area (Å²) in [6.45, 7) is 5.71. The minimum Gasteiger partial charge on any atom is -0.452 e. The van der Waals surface area contributed by atoms with Crippen molar-refractivity contribution in [2.45, 2.75) is 33.3 Å². The van der Waals surface area contributed by atoms with Gasteiger partial charge in [0.25, 0.3) is 5.89 Å². The number of rotatable bonds is 4. The zero-order valence-electron chi connectivity index (χ0n) is 13.2. The molecule has 0 aliphatic rings. The second kappa shape index (κ2) is 6.16. The summed E-state index contributed by atoms with van der Waals surface area (Å²) < 4.78 is 10.5. The van der Waals surface area contributed by atoms with E-state index in [9.17, 15) is 4.79 Å². The molecule has 0 saturated heterocycles. The van der Waals surface area contributed by atoms with Gasteiger partial charge in [-0.3, -0.25) is 4.98 Å². The summed E-state index contributed by atoms with van der Waals surface area (Å²) in [6, 6.07) is 9.31. The molecular formula is C17H17N3O3. The summed E-state index contributed by atoms with van der Waals surface area (Å²) >= 11 is 0. The summed E-state index contributed by atoms with van der Waals surface area (Å²) in [5.74, 6) is 0.497. The van der Waals surface area contributed by atoms with E-state index in [2.05, 4.69) is 15.2 Å². The fourth-order valence-electron chi connectivity index (χ4n) is 2.26. The van der Waals surface area contributed by atoms with E-state index < -0.39 is 5.97 Å². The number of benzene rings is 1. The van der Waals surface area contributed by atoms with Crippen LogP contribution in [0.4, 0.5) is 0 Å². The highest BCUT2D eigenvalue weighted by atomic mass is 16.5. The van der Waals surface area contributed by atoms with Crippen LogP contribution >= 0.6 is 0 Å². The topological polar surface area (TPSA) is 78.1 Å². The molecule has 3 rings (SSSR count). The number of aromatic nitrogens is 3. The first kappa shape index (κ1) is 15.1. The van der Waals surface area contributed by atoms with Crippen LogP contribution in [0.1, 0.15) is 47.6 Å². The van der Waals surface area contributed by atoms with Gasteiger partial charge in [-0.05, 0) is 18.1 Å². The first-order valence-corrected chi connectivity index (χ1v) is 7.40. The summed E-state index contributed by atoms with van der Waals surface area (Å²) in [4.78, 5) is 17.1. The SMILES string of the molecule is Cc1nnc(COC(=O)c2cc(C(C)C)nc3ccccc23)o1. The van der Waals surface area contributed by atoms with Crippen molar-refractivity contribution in [1.29, 1.82) is 0 Å². The third-order valence-corrected chi connectivity index (χ3v) is 3.44. The molecule has 0 unspecified atom stereocenters. The first-order valence-electron chi connectivity index (χ1n) is 7.40. The monoisotopic (exact) mass is 311 g/mol. The molecule has 0 fully saturated rings. The van der Waals surface area contributed by atoms with E-state index in [0.717, 1.165) is 16.6 Å². The van der Waals surface area contributed by atoms with Crippen molar-refractivity contribution in [3.8, 4) is 0 Å². The molecule has 6 nitrogen and oxygen atoms in total. The Balaban J connectivity index is 1.92. The molecule has 2 heterocycles. The molecule has 0 aliphatic heterocycles. The second-order valence-corrected chi connectivity index (χ2v) is 5.56. The van der Waals surface area contributed by atoms with Crippen molar-refractivity contribution in [1.82, 2.24) is 15.2 Å². The number of hydrogen-bond acceptors (Lipinski definition) is 6. The summed E-state index contributed by atoms with van der Waals surface area (Å²) in [5.41, 5.74) is 2.12. The molecule has 0 N–H and O–H groups in total. The largest absolute Gasteiger partial charge is 0.452 e. The Morgan fingerprint density at radius 1 is 1.26 bits per heavy atom. The van der Waals surface area contributed by atoms with Gasteiger partial charge in [-0.15, -0.1) is 10.2 Å². The standard InChI is InChI=1S/C17H17N3O3/c1-10(2)15-8-13(12-6-4-5-7-14(12)18-15)17(21)22-9-16-20-19-11(3)23-16/h4-8,10H,9H2,1-3H3. The molecule has 0 atom stereocenters. The zero-order chi connectivity index (χ0) is 16.4. The van der Waals surface area contributed by atoms with E-state index in [1.54, 1.807) is 13.0 Å². The van der Waals surface area contributed by atoms with Gasteiger partial charge in [-0.1, -0.05) is 32.0 Å². The highest BCUT2D eigenvalue weighted by Gasteiger charge is 2.16. The van der Waals surface area contributed by atoms with Crippen LogP contribution in [-0.2, 0) is 11.3 Å². The molecule has 6 heteroatoms. The van der Waals surface area contributed by atoms with Crippen LogP contribution in [0.5, 0.6) is 0 Å². The van der Waals surface area contributed by atoms with E-state index in [4.69, 9.17) is 9.15 Å². The number of ether oxygens (including phenoxy) is 1. The van der Waals surface area contributed by atoms with Crippen LogP contribution < -0.4 is 0 Å². The zero-order valence-corrected chi connectivity index (χ0v) is 13.2. The van der Waals surface area contributed by atoms with Crippen molar-refractivity contribution in [3.63, 3.8) is 0 Å². The minimum absolute atomic E-state index is 0.0483. The lowest BCUT2D eigenvalue weighted by Crippen LogP contribution is -2.08. The number of fused-ring (bicyclic) bond motifs is 1. The Bertz CT molecular complexity index is 855. The van der Waals surface area contributed by atoms with Crippen LogP contribution in [0.2, 0.25) is 0 Å². The summed E-state index contributed by atoms with van der Waals surface area (Å²) in [7, 11) is 0.